The summed E-state index contributed by atoms with van der Waals surface area (Å²) in [6, 6.07) is 10.6. The van der Waals surface area contributed by atoms with E-state index in [1.165, 1.54) is 31.4 Å². The second-order valence-electron chi connectivity index (χ2n) is 4.66. The molecular weight excluding hydrogens is 194 g/mol. The Labute approximate surface area is 98.8 Å². The minimum absolute atomic E-state index is 0.805. The van der Waals surface area contributed by atoms with Crippen LogP contribution in [0.4, 0.5) is 5.69 Å². The molecule has 0 saturated heterocycles. The molecular formula is C15H21N. The molecule has 0 radical (unpaired) electrons. The SMILES string of the molecule is CN(CCC1C=CCCC1)c1ccccc1. The van der Waals surface area contributed by atoms with Crippen molar-refractivity contribution in [1.82, 2.24) is 0 Å². The van der Waals surface area contributed by atoms with Crippen LogP contribution in [0.25, 0.3) is 0 Å². The van der Waals surface area contributed by atoms with Crippen LogP contribution in [-0.4, -0.2) is 13.6 Å². The van der Waals surface area contributed by atoms with E-state index in [1.807, 2.05) is 0 Å². The van der Waals surface area contributed by atoms with Gasteiger partial charge < -0.3 is 4.90 Å². The third-order valence-electron chi connectivity index (χ3n) is 3.39. The number of anilines is 1. The molecule has 1 atom stereocenters. The predicted octanol–water partition coefficient (Wildman–Crippen LogP) is 3.87. The molecule has 0 fully saturated rings. The summed E-state index contributed by atoms with van der Waals surface area (Å²) >= 11 is 0. The number of nitrogens with zero attached hydrogens (tertiary/aromatic N) is 1. The Morgan fingerprint density at radius 2 is 2.06 bits per heavy atom. The highest BCUT2D eigenvalue weighted by Gasteiger charge is 2.09. The highest BCUT2D eigenvalue weighted by molar-refractivity contribution is 5.44. The molecule has 1 aromatic rings. The molecule has 1 aromatic carbocycles. The molecule has 1 nitrogen and oxygen atoms in total. The predicted molar refractivity (Wildman–Crippen MR) is 70.8 cm³/mol. The smallest absolute Gasteiger partial charge is 0.0363 e. The van der Waals surface area contributed by atoms with Gasteiger partial charge in [0.25, 0.3) is 0 Å². The van der Waals surface area contributed by atoms with Crippen molar-refractivity contribution in [1.29, 1.82) is 0 Å². The van der Waals surface area contributed by atoms with E-state index in [2.05, 4.69) is 54.4 Å². The van der Waals surface area contributed by atoms with Gasteiger partial charge in [-0.25, -0.2) is 0 Å². The molecule has 0 saturated carbocycles. The first-order valence-electron chi connectivity index (χ1n) is 6.29. The van der Waals surface area contributed by atoms with Crippen LogP contribution in [0, 0.1) is 5.92 Å². The van der Waals surface area contributed by atoms with E-state index >= 15 is 0 Å². The van der Waals surface area contributed by atoms with Gasteiger partial charge in [-0.3, -0.25) is 0 Å². The lowest BCUT2D eigenvalue weighted by atomic mass is 9.93. The van der Waals surface area contributed by atoms with Crippen LogP contribution in [0.5, 0.6) is 0 Å². The fourth-order valence-electron chi connectivity index (χ4n) is 2.29. The summed E-state index contributed by atoms with van der Waals surface area (Å²) in [6.45, 7) is 1.15. The highest BCUT2D eigenvalue weighted by atomic mass is 15.1. The summed E-state index contributed by atoms with van der Waals surface area (Å²) < 4.78 is 0. The minimum Gasteiger partial charge on any atom is -0.375 e. The molecule has 0 heterocycles. The van der Waals surface area contributed by atoms with E-state index in [9.17, 15) is 0 Å². The lowest BCUT2D eigenvalue weighted by Gasteiger charge is -2.23. The average Bonchev–Trinajstić information content (AvgIpc) is 2.38. The number of benzene rings is 1. The van der Waals surface area contributed by atoms with Crippen molar-refractivity contribution in [3.05, 3.63) is 42.5 Å². The topological polar surface area (TPSA) is 3.24 Å². The van der Waals surface area contributed by atoms with Crippen LogP contribution in [0.2, 0.25) is 0 Å². The van der Waals surface area contributed by atoms with Gasteiger partial charge in [0.05, 0.1) is 0 Å². The maximum Gasteiger partial charge on any atom is 0.0363 e. The van der Waals surface area contributed by atoms with E-state index in [-0.39, 0.29) is 0 Å². The average molecular weight is 215 g/mol. The van der Waals surface area contributed by atoms with Crippen molar-refractivity contribution in [2.24, 2.45) is 5.92 Å². The normalized spacial score (nSPS) is 19.7. The van der Waals surface area contributed by atoms with Crippen molar-refractivity contribution >= 4 is 5.69 Å². The highest BCUT2D eigenvalue weighted by Crippen LogP contribution is 2.21. The number of hydrogen-bond donors (Lipinski definition) is 0. The molecule has 2 rings (SSSR count). The van der Waals surface area contributed by atoms with Crippen molar-refractivity contribution in [2.45, 2.75) is 25.7 Å². The van der Waals surface area contributed by atoms with Crippen LogP contribution in [0.1, 0.15) is 25.7 Å². The first-order valence-corrected chi connectivity index (χ1v) is 6.29. The lowest BCUT2D eigenvalue weighted by molar-refractivity contribution is 0.507. The Morgan fingerprint density at radius 3 is 2.75 bits per heavy atom. The van der Waals surface area contributed by atoms with E-state index in [1.54, 1.807) is 0 Å². The van der Waals surface area contributed by atoms with E-state index < -0.39 is 0 Å². The van der Waals surface area contributed by atoms with Crippen LogP contribution in [-0.2, 0) is 0 Å². The van der Waals surface area contributed by atoms with Gasteiger partial charge in [-0.1, -0.05) is 30.4 Å². The summed E-state index contributed by atoms with van der Waals surface area (Å²) in [7, 11) is 2.18. The zero-order chi connectivity index (χ0) is 11.2. The molecule has 86 valence electrons. The van der Waals surface area contributed by atoms with Crippen molar-refractivity contribution < 1.29 is 0 Å². The van der Waals surface area contributed by atoms with Gasteiger partial charge in [0, 0.05) is 19.3 Å². The fourth-order valence-corrected chi connectivity index (χ4v) is 2.29. The molecule has 0 aromatic heterocycles. The van der Waals surface area contributed by atoms with E-state index in [0.717, 1.165) is 12.5 Å². The van der Waals surface area contributed by atoms with Gasteiger partial charge in [-0.05, 0) is 43.7 Å². The first-order chi connectivity index (χ1) is 7.86. The molecule has 0 amide bonds. The van der Waals surface area contributed by atoms with Crippen LogP contribution >= 0.6 is 0 Å². The Morgan fingerprint density at radius 1 is 1.25 bits per heavy atom. The van der Waals surface area contributed by atoms with Gasteiger partial charge in [-0.15, -0.1) is 0 Å². The zero-order valence-electron chi connectivity index (χ0n) is 10.1. The third kappa shape index (κ3) is 3.13. The second kappa shape index (κ2) is 5.74. The summed E-state index contributed by atoms with van der Waals surface area (Å²) in [5.74, 6) is 0.805. The molecule has 0 N–H and O–H groups in total. The number of para-hydroxylation sites is 1. The van der Waals surface area contributed by atoms with Crippen molar-refractivity contribution in [2.75, 3.05) is 18.5 Å². The van der Waals surface area contributed by atoms with Crippen LogP contribution in [0.3, 0.4) is 0 Å². The molecule has 0 aliphatic heterocycles. The Kier molecular flexibility index (Phi) is 4.03. The van der Waals surface area contributed by atoms with Gasteiger partial charge in [0.15, 0.2) is 0 Å². The molecule has 1 aliphatic rings. The maximum atomic E-state index is 2.41. The van der Waals surface area contributed by atoms with E-state index in [4.69, 9.17) is 0 Å². The quantitative estimate of drug-likeness (QED) is 0.689. The Bertz CT molecular complexity index is 329. The molecule has 0 bridgehead atoms. The monoisotopic (exact) mass is 215 g/mol. The first kappa shape index (κ1) is 11.3. The summed E-state index contributed by atoms with van der Waals surface area (Å²) in [5, 5.41) is 0. The number of allylic oxidation sites excluding steroid dienone is 2. The van der Waals surface area contributed by atoms with Crippen molar-refractivity contribution in [3.63, 3.8) is 0 Å². The second-order valence-corrected chi connectivity index (χ2v) is 4.66. The third-order valence-corrected chi connectivity index (χ3v) is 3.39. The van der Waals surface area contributed by atoms with Gasteiger partial charge in [0.1, 0.15) is 0 Å². The van der Waals surface area contributed by atoms with Crippen molar-refractivity contribution in [3.8, 4) is 0 Å². The maximum absolute atomic E-state index is 2.41. The summed E-state index contributed by atoms with van der Waals surface area (Å²) in [5.41, 5.74) is 1.32. The molecule has 0 spiro atoms. The van der Waals surface area contributed by atoms with Gasteiger partial charge >= 0.3 is 0 Å². The molecule has 1 unspecified atom stereocenters. The van der Waals surface area contributed by atoms with Crippen LogP contribution < -0.4 is 4.90 Å². The number of rotatable bonds is 4. The largest absolute Gasteiger partial charge is 0.375 e. The van der Waals surface area contributed by atoms with Gasteiger partial charge in [-0.2, -0.15) is 0 Å². The summed E-state index contributed by atoms with van der Waals surface area (Å²) in [6.07, 6.45) is 10.1. The lowest BCUT2D eigenvalue weighted by Crippen LogP contribution is -2.20. The van der Waals surface area contributed by atoms with Gasteiger partial charge in [0.2, 0.25) is 0 Å². The molecule has 1 aliphatic carbocycles. The van der Waals surface area contributed by atoms with Crippen LogP contribution in [0.15, 0.2) is 42.5 Å². The Hall–Kier alpha value is -1.24. The zero-order valence-corrected chi connectivity index (χ0v) is 10.1. The summed E-state index contributed by atoms with van der Waals surface area (Å²) in [4.78, 5) is 2.35. The minimum atomic E-state index is 0.805. The molecule has 1 heteroatoms. The van der Waals surface area contributed by atoms with E-state index in [0.29, 0.717) is 0 Å². The number of hydrogen-bond acceptors (Lipinski definition) is 1. The Balaban J connectivity index is 1.81. The molecule has 16 heavy (non-hydrogen) atoms. The standard InChI is InChI=1S/C15H21N/c1-16(15-10-6-3-7-11-15)13-12-14-8-4-2-5-9-14/h3-4,6-8,10-11,14H,2,5,9,12-13H2,1H3. The fraction of sp³-hybridized carbons (Fsp3) is 0.467.